The number of benzene rings is 3. The molecular formula is C29H30N2O6. The number of hydrogen-bond donors (Lipinski definition) is 2. The minimum atomic E-state index is -0.772. The largest absolute Gasteiger partial charge is 0.493 e. The molecule has 0 bridgehead atoms. The fraction of sp³-hybridized carbons (Fsp3) is 0.310. The number of H-pyrrole nitrogens is 1. The van der Waals surface area contributed by atoms with Crippen LogP contribution in [0.4, 0.5) is 0 Å². The third-order valence-electron chi connectivity index (χ3n) is 6.87. The van der Waals surface area contributed by atoms with E-state index >= 15 is 0 Å². The average molecular weight is 503 g/mol. The number of hydrogen-bond acceptors (Lipinski definition) is 6. The second kappa shape index (κ2) is 10.1. The summed E-state index contributed by atoms with van der Waals surface area (Å²) in [5, 5.41) is 9.99. The molecule has 0 amide bonds. The number of nitrogens with one attached hydrogen (secondary N) is 1. The van der Waals surface area contributed by atoms with Crippen molar-refractivity contribution >= 4 is 0 Å². The summed E-state index contributed by atoms with van der Waals surface area (Å²) in [6, 6.07) is 19.6. The van der Waals surface area contributed by atoms with Crippen molar-refractivity contribution < 1.29 is 19.1 Å². The zero-order valence-electron chi connectivity index (χ0n) is 21.0. The minimum Gasteiger partial charge on any atom is -0.493 e. The van der Waals surface area contributed by atoms with Crippen LogP contribution in [-0.2, 0) is 13.2 Å². The molecule has 5 rings (SSSR count). The van der Waals surface area contributed by atoms with Crippen LogP contribution in [0.2, 0.25) is 0 Å². The lowest BCUT2D eigenvalue weighted by molar-refractivity contribution is 0.117. The van der Waals surface area contributed by atoms with Gasteiger partial charge in [-0.1, -0.05) is 36.4 Å². The summed E-state index contributed by atoms with van der Waals surface area (Å²) in [5.74, 6) is 0.742. The maximum atomic E-state index is 11.6. The molecular weight excluding hydrogens is 472 g/mol. The van der Waals surface area contributed by atoms with Gasteiger partial charge in [0.05, 0.1) is 18.8 Å². The van der Waals surface area contributed by atoms with Crippen molar-refractivity contribution in [1.29, 1.82) is 0 Å². The Bertz CT molecular complexity index is 1510. The van der Waals surface area contributed by atoms with E-state index in [1.165, 1.54) is 0 Å². The van der Waals surface area contributed by atoms with Gasteiger partial charge in [-0.25, -0.2) is 14.6 Å². The second-order valence-corrected chi connectivity index (χ2v) is 9.67. The summed E-state index contributed by atoms with van der Waals surface area (Å²) in [7, 11) is 0. The number of rotatable bonds is 10. The van der Waals surface area contributed by atoms with Crippen molar-refractivity contribution in [3.63, 3.8) is 0 Å². The van der Waals surface area contributed by atoms with E-state index in [-0.39, 0.29) is 6.54 Å². The third-order valence-corrected chi connectivity index (χ3v) is 6.87. The van der Waals surface area contributed by atoms with Crippen molar-refractivity contribution in [2.75, 3.05) is 6.61 Å². The lowest BCUT2D eigenvalue weighted by Gasteiger charge is -2.16. The van der Waals surface area contributed by atoms with E-state index in [0.717, 1.165) is 56.7 Å². The first kappa shape index (κ1) is 24.6. The minimum absolute atomic E-state index is 0.157. The lowest BCUT2D eigenvalue weighted by atomic mass is 9.93. The van der Waals surface area contributed by atoms with Crippen LogP contribution in [0.5, 0.6) is 11.5 Å². The molecule has 0 radical (unpaired) electrons. The molecule has 1 aromatic heterocycles. The fourth-order valence-corrected chi connectivity index (χ4v) is 4.35. The van der Waals surface area contributed by atoms with Gasteiger partial charge in [0.15, 0.2) is 0 Å². The SMILES string of the molecule is Cc1cc(OCCC2(O)CC2)ccc1-c1cccc(COc2ccc(Cn3oc(=O)[nH]c3=O)cc2)c1C. The Morgan fingerprint density at radius 3 is 2.41 bits per heavy atom. The zero-order chi connectivity index (χ0) is 26.0. The molecule has 1 aliphatic carbocycles. The molecule has 1 fully saturated rings. The Morgan fingerprint density at radius 2 is 1.73 bits per heavy atom. The average Bonchev–Trinajstić information content (AvgIpc) is 3.52. The van der Waals surface area contributed by atoms with Crippen LogP contribution in [0.3, 0.4) is 0 Å². The van der Waals surface area contributed by atoms with Gasteiger partial charge >= 0.3 is 11.4 Å². The molecule has 0 atom stereocenters. The predicted octanol–water partition coefficient (Wildman–Crippen LogP) is 4.33. The number of nitrogens with zero attached hydrogens (tertiary/aromatic N) is 1. The van der Waals surface area contributed by atoms with Crippen LogP contribution in [0.1, 0.15) is 41.5 Å². The maximum Gasteiger partial charge on any atom is 0.440 e. The van der Waals surface area contributed by atoms with Gasteiger partial charge in [0.1, 0.15) is 18.1 Å². The standard InChI is InChI=1S/C29H30N2O6/c1-19-16-24(35-15-14-29(34)12-13-29)10-11-25(19)26-5-3-4-22(20(26)2)18-36-23-8-6-21(7-9-23)17-31-27(32)30-28(33)37-31/h3-11,16,34H,12-15,17-18H2,1-2H3,(H,30,32,33). The smallest absolute Gasteiger partial charge is 0.440 e. The van der Waals surface area contributed by atoms with Crippen LogP contribution in [0, 0.1) is 13.8 Å². The Morgan fingerprint density at radius 1 is 0.973 bits per heavy atom. The number of aliphatic hydroxyl groups is 1. The Kier molecular flexibility index (Phi) is 6.76. The molecule has 1 heterocycles. The van der Waals surface area contributed by atoms with Crippen LogP contribution < -0.4 is 20.9 Å². The number of aromatic nitrogens is 2. The van der Waals surface area contributed by atoms with Gasteiger partial charge in [0.2, 0.25) is 0 Å². The predicted molar refractivity (Wildman–Crippen MR) is 139 cm³/mol. The molecule has 192 valence electrons. The molecule has 1 saturated carbocycles. The molecule has 8 nitrogen and oxygen atoms in total. The van der Waals surface area contributed by atoms with E-state index in [2.05, 4.69) is 37.0 Å². The second-order valence-electron chi connectivity index (χ2n) is 9.67. The highest BCUT2D eigenvalue weighted by Gasteiger charge is 2.39. The Balaban J connectivity index is 1.23. The quantitative estimate of drug-likeness (QED) is 0.334. The zero-order valence-corrected chi connectivity index (χ0v) is 21.0. The normalized spacial score (nSPS) is 13.9. The molecule has 37 heavy (non-hydrogen) atoms. The number of aromatic amines is 1. The number of ether oxygens (including phenoxy) is 2. The monoisotopic (exact) mass is 502 g/mol. The molecule has 1 aliphatic rings. The van der Waals surface area contributed by atoms with Crippen molar-refractivity contribution in [2.24, 2.45) is 0 Å². The summed E-state index contributed by atoms with van der Waals surface area (Å²) in [6.07, 6.45) is 2.41. The van der Waals surface area contributed by atoms with Crippen LogP contribution in [-0.4, -0.2) is 27.0 Å². The van der Waals surface area contributed by atoms with Crippen LogP contribution in [0.15, 0.2) is 74.8 Å². The summed E-state index contributed by atoms with van der Waals surface area (Å²) >= 11 is 0. The number of aryl methyl sites for hydroxylation is 1. The highest BCUT2D eigenvalue weighted by molar-refractivity contribution is 5.72. The van der Waals surface area contributed by atoms with Crippen molar-refractivity contribution in [3.05, 3.63) is 104 Å². The first-order valence-corrected chi connectivity index (χ1v) is 12.4. The van der Waals surface area contributed by atoms with Gasteiger partial charge in [0, 0.05) is 6.42 Å². The summed E-state index contributed by atoms with van der Waals surface area (Å²) in [6.45, 7) is 5.26. The van der Waals surface area contributed by atoms with Crippen molar-refractivity contribution in [1.82, 2.24) is 9.72 Å². The molecule has 3 aromatic carbocycles. The van der Waals surface area contributed by atoms with Gasteiger partial charge < -0.3 is 19.1 Å². The Hall–Kier alpha value is -4.04. The van der Waals surface area contributed by atoms with E-state index in [1.807, 2.05) is 42.5 Å². The molecule has 2 N–H and O–H groups in total. The third kappa shape index (κ3) is 5.86. The summed E-state index contributed by atoms with van der Waals surface area (Å²) in [4.78, 5) is 24.8. The molecule has 0 spiro atoms. The lowest BCUT2D eigenvalue weighted by Crippen LogP contribution is -2.17. The van der Waals surface area contributed by atoms with E-state index < -0.39 is 17.0 Å². The Labute approximate surface area is 214 Å². The molecule has 8 heteroatoms. The highest BCUT2D eigenvalue weighted by Crippen LogP contribution is 2.38. The van der Waals surface area contributed by atoms with Gasteiger partial charge in [-0.05, 0) is 84.3 Å². The molecule has 0 saturated heterocycles. The van der Waals surface area contributed by atoms with E-state index in [9.17, 15) is 14.7 Å². The first-order valence-electron chi connectivity index (χ1n) is 12.4. The first-order chi connectivity index (χ1) is 17.8. The highest BCUT2D eigenvalue weighted by atomic mass is 16.5. The maximum absolute atomic E-state index is 11.6. The summed E-state index contributed by atoms with van der Waals surface area (Å²) < 4.78 is 17.7. The fourth-order valence-electron chi connectivity index (χ4n) is 4.35. The van der Waals surface area contributed by atoms with E-state index in [1.54, 1.807) is 0 Å². The van der Waals surface area contributed by atoms with Gasteiger partial charge in [-0.2, -0.15) is 0 Å². The molecule has 0 unspecified atom stereocenters. The van der Waals surface area contributed by atoms with Crippen molar-refractivity contribution in [2.45, 2.75) is 51.9 Å². The molecule has 0 aliphatic heterocycles. The van der Waals surface area contributed by atoms with Crippen LogP contribution in [0.25, 0.3) is 11.1 Å². The molecule has 4 aromatic rings. The summed E-state index contributed by atoms with van der Waals surface area (Å²) in [5.41, 5.74) is 5.37. The van der Waals surface area contributed by atoms with E-state index in [4.69, 9.17) is 14.0 Å². The topological polar surface area (TPSA) is 107 Å². The van der Waals surface area contributed by atoms with Crippen molar-refractivity contribution in [3.8, 4) is 22.6 Å². The van der Waals surface area contributed by atoms with Gasteiger partial charge in [-0.3, -0.25) is 0 Å². The van der Waals surface area contributed by atoms with Gasteiger partial charge in [-0.15, -0.1) is 4.74 Å². The van der Waals surface area contributed by atoms with Gasteiger partial charge in [0.25, 0.3) is 0 Å². The van der Waals surface area contributed by atoms with E-state index in [0.29, 0.717) is 25.4 Å². The van der Waals surface area contributed by atoms with Crippen LogP contribution >= 0.6 is 0 Å².